The lowest BCUT2D eigenvalue weighted by Crippen LogP contribution is -2.23. The lowest BCUT2D eigenvalue weighted by atomic mass is 10.7. The van der Waals surface area contributed by atoms with E-state index < -0.39 is 0 Å². The summed E-state index contributed by atoms with van der Waals surface area (Å²) in [5, 5.41) is 19.3. The monoisotopic (exact) mass is 165 g/mol. The fraction of sp³-hybridized carbons (Fsp3) is 1.00. The largest absolute Gasteiger partial charge is 0.394 e. The Balaban J connectivity index is 2.69. The molecular weight excluding hydrogens is 150 g/mol. The van der Waals surface area contributed by atoms with Crippen molar-refractivity contribution in [2.24, 2.45) is 0 Å². The molecular formula is C6H15NO4. The third kappa shape index (κ3) is 9.80. The minimum atomic E-state index is -0.273. The van der Waals surface area contributed by atoms with Crippen molar-refractivity contribution in [3.63, 3.8) is 0 Å². The Labute approximate surface area is 65.9 Å². The predicted molar refractivity (Wildman–Crippen MR) is 38.9 cm³/mol. The normalized spacial score (nSPS) is 10.4. The van der Waals surface area contributed by atoms with Crippen LogP contribution in [0.25, 0.3) is 0 Å². The molecule has 0 fully saturated rings. The molecule has 5 heteroatoms. The zero-order chi connectivity index (χ0) is 8.36. The number of hydrogen-bond acceptors (Lipinski definition) is 5. The van der Waals surface area contributed by atoms with Crippen molar-refractivity contribution < 1.29 is 19.7 Å². The Kier molecular flexibility index (Phi) is 9.62. The van der Waals surface area contributed by atoms with Crippen molar-refractivity contribution >= 4 is 0 Å². The summed E-state index contributed by atoms with van der Waals surface area (Å²) in [5.74, 6) is 0. The highest BCUT2D eigenvalue weighted by Gasteiger charge is 1.86. The molecule has 0 rings (SSSR count). The summed E-state index contributed by atoms with van der Waals surface area (Å²) in [6.45, 7) is 1.65. The maximum atomic E-state index is 8.30. The Morgan fingerprint density at radius 1 is 1.09 bits per heavy atom. The molecule has 0 aliphatic heterocycles. The standard InChI is InChI=1S/C6H15NO4/c8-2-4-10-3-1-7-5-11-6-9/h7-9H,1-6H2. The average molecular weight is 165 g/mol. The predicted octanol–water partition coefficient (Wildman–Crippen LogP) is -1.49. The van der Waals surface area contributed by atoms with Gasteiger partial charge in [-0.2, -0.15) is 0 Å². The summed E-state index contributed by atoms with van der Waals surface area (Å²) in [7, 11) is 0. The smallest absolute Gasteiger partial charge is 0.145 e. The molecule has 0 aliphatic carbocycles. The zero-order valence-electron chi connectivity index (χ0n) is 6.45. The average Bonchev–Trinajstić information content (AvgIpc) is 2.03. The Morgan fingerprint density at radius 2 is 1.91 bits per heavy atom. The second-order valence-electron chi connectivity index (χ2n) is 1.81. The fourth-order valence-electron chi connectivity index (χ4n) is 0.501. The van der Waals surface area contributed by atoms with Gasteiger partial charge in [0.25, 0.3) is 0 Å². The highest BCUT2D eigenvalue weighted by molar-refractivity contribution is 4.37. The van der Waals surface area contributed by atoms with E-state index in [9.17, 15) is 0 Å². The van der Waals surface area contributed by atoms with Crippen LogP contribution in [0.5, 0.6) is 0 Å². The summed E-state index contributed by atoms with van der Waals surface area (Å²) in [6.07, 6.45) is 0. The van der Waals surface area contributed by atoms with Crippen LogP contribution in [-0.2, 0) is 9.47 Å². The van der Waals surface area contributed by atoms with Gasteiger partial charge in [0.1, 0.15) is 6.79 Å². The Bertz CT molecular complexity index is 63.6. The first-order valence-corrected chi connectivity index (χ1v) is 3.49. The van der Waals surface area contributed by atoms with Gasteiger partial charge in [-0.1, -0.05) is 0 Å². The van der Waals surface area contributed by atoms with E-state index >= 15 is 0 Å². The summed E-state index contributed by atoms with van der Waals surface area (Å²) >= 11 is 0. The molecule has 0 saturated carbocycles. The molecule has 0 aromatic heterocycles. The molecule has 0 bridgehead atoms. The van der Waals surface area contributed by atoms with Gasteiger partial charge in [0.2, 0.25) is 0 Å². The van der Waals surface area contributed by atoms with Crippen LogP contribution in [0.2, 0.25) is 0 Å². The van der Waals surface area contributed by atoms with E-state index in [0.717, 1.165) is 0 Å². The molecule has 68 valence electrons. The van der Waals surface area contributed by atoms with Gasteiger partial charge in [-0.05, 0) is 0 Å². The summed E-state index contributed by atoms with van der Waals surface area (Å²) in [6, 6.07) is 0. The molecule has 0 aromatic rings. The summed E-state index contributed by atoms with van der Waals surface area (Å²) in [5.41, 5.74) is 0. The maximum absolute atomic E-state index is 8.30. The van der Waals surface area contributed by atoms with Crippen LogP contribution in [0.3, 0.4) is 0 Å². The molecule has 0 atom stereocenters. The molecule has 0 unspecified atom stereocenters. The van der Waals surface area contributed by atoms with Gasteiger partial charge >= 0.3 is 0 Å². The third-order valence-electron chi connectivity index (χ3n) is 0.954. The number of aliphatic hydroxyl groups excluding tert-OH is 2. The molecule has 3 N–H and O–H groups in total. The maximum Gasteiger partial charge on any atom is 0.145 e. The number of ether oxygens (including phenoxy) is 2. The van der Waals surface area contributed by atoms with Gasteiger partial charge in [-0.15, -0.1) is 0 Å². The number of hydrogen-bond donors (Lipinski definition) is 3. The van der Waals surface area contributed by atoms with Crippen molar-refractivity contribution in [2.45, 2.75) is 0 Å². The van der Waals surface area contributed by atoms with Crippen LogP contribution < -0.4 is 5.32 Å². The van der Waals surface area contributed by atoms with Gasteiger partial charge in [0.05, 0.1) is 26.6 Å². The van der Waals surface area contributed by atoms with Gasteiger partial charge in [0.15, 0.2) is 0 Å². The lowest BCUT2D eigenvalue weighted by molar-refractivity contribution is -0.0124. The van der Waals surface area contributed by atoms with Crippen molar-refractivity contribution in [2.75, 3.05) is 39.9 Å². The molecule has 0 aliphatic rings. The molecule has 0 amide bonds. The van der Waals surface area contributed by atoms with E-state index in [1.54, 1.807) is 0 Å². The SMILES string of the molecule is OCCOCCNCOCO. The zero-order valence-corrected chi connectivity index (χ0v) is 6.45. The van der Waals surface area contributed by atoms with E-state index in [1.807, 2.05) is 0 Å². The minimum Gasteiger partial charge on any atom is -0.394 e. The lowest BCUT2D eigenvalue weighted by Gasteiger charge is -2.03. The van der Waals surface area contributed by atoms with Crippen molar-refractivity contribution in [3.8, 4) is 0 Å². The van der Waals surface area contributed by atoms with Crippen molar-refractivity contribution in [3.05, 3.63) is 0 Å². The van der Waals surface area contributed by atoms with E-state index in [1.165, 1.54) is 0 Å². The molecule has 0 heterocycles. The van der Waals surface area contributed by atoms with Gasteiger partial charge in [-0.25, -0.2) is 0 Å². The van der Waals surface area contributed by atoms with Gasteiger partial charge < -0.3 is 19.7 Å². The Morgan fingerprint density at radius 3 is 2.55 bits per heavy atom. The number of aliphatic hydroxyl groups is 2. The van der Waals surface area contributed by atoms with Crippen LogP contribution >= 0.6 is 0 Å². The van der Waals surface area contributed by atoms with E-state index in [0.29, 0.717) is 26.5 Å². The van der Waals surface area contributed by atoms with E-state index in [4.69, 9.17) is 14.9 Å². The van der Waals surface area contributed by atoms with Crippen molar-refractivity contribution in [1.82, 2.24) is 5.32 Å². The first-order valence-electron chi connectivity index (χ1n) is 3.49. The molecule has 0 aromatic carbocycles. The summed E-state index contributed by atoms with van der Waals surface area (Å²) in [4.78, 5) is 0. The van der Waals surface area contributed by atoms with Gasteiger partial charge in [0, 0.05) is 6.54 Å². The van der Waals surface area contributed by atoms with Crippen LogP contribution in [0.1, 0.15) is 0 Å². The number of nitrogens with one attached hydrogen (secondary N) is 1. The first kappa shape index (κ1) is 10.8. The van der Waals surface area contributed by atoms with Crippen LogP contribution in [0, 0.1) is 0 Å². The number of rotatable bonds is 8. The van der Waals surface area contributed by atoms with E-state index in [2.05, 4.69) is 10.1 Å². The summed E-state index contributed by atoms with van der Waals surface area (Å²) < 4.78 is 9.51. The molecule has 0 radical (unpaired) electrons. The van der Waals surface area contributed by atoms with Crippen molar-refractivity contribution in [1.29, 1.82) is 0 Å². The molecule has 5 nitrogen and oxygen atoms in total. The molecule has 11 heavy (non-hydrogen) atoms. The highest BCUT2D eigenvalue weighted by atomic mass is 16.6. The minimum absolute atomic E-state index is 0.0488. The van der Waals surface area contributed by atoms with Crippen LogP contribution in [-0.4, -0.2) is 50.1 Å². The van der Waals surface area contributed by atoms with Crippen LogP contribution in [0.15, 0.2) is 0 Å². The second-order valence-corrected chi connectivity index (χ2v) is 1.81. The quantitative estimate of drug-likeness (QED) is 0.302. The fourth-order valence-corrected chi connectivity index (χ4v) is 0.501. The van der Waals surface area contributed by atoms with Crippen LogP contribution in [0.4, 0.5) is 0 Å². The highest BCUT2D eigenvalue weighted by Crippen LogP contribution is 1.71. The first-order chi connectivity index (χ1) is 5.41. The second kappa shape index (κ2) is 9.80. The van der Waals surface area contributed by atoms with Gasteiger partial charge in [-0.3, -0.25) is 5.32 Å². The molecule has 0 spiro atoms. The van der Waals surface area contributed by atoms with E-state index in [-0.39, 0.29) is 13.4 Å². The molecule has 0 saturated heterocycles. The third-order valence-corrected chi connectivity index (χ3v) is 0.954. The Hall–Kier alpha value is -0.200. The topological polar surface area (TPSA) is 71.0 Å².